The smallest absolute Gasteiger partial charge is 0.251 e. The zero-order valence-electron chi connectivity index (χ0n) is 15.8. The second-order valence-electron chi connectivity index (χ2n) is 7.06. The van der Waals surface area contributed by atoms with Crippen molar-refractivity contribution in [3.8, 4) is 0 Å². The summed E-state index contributed by atoms with van der Waals surface area (Å²) in [4.78, 5) is 25.5. The van der Waals surface area contributed by atoms with Crippen molar-refractivity contribution in [2.75, 3.05) is 11.1 Å². The topological polar surface area (TPSA) is 106 Å². The molecular formula is C20H24N2O4S2. The first-order chi connectivity index (χ1) is 13.3. The summed E-state index contributed by atoms with van der Waals surface area (Å²) in [6.07, 6.45) is 4.04. The molecule has 0 saturated carbocycles. The number of hydrogen-bond acceptors (Lipinski definition) is 5. The number of nitrogens with two attached hydrogens (primary N) is 1. The van der Waals surface area contributed by atoms with E-state index in [0.29, 0.717) is 10.6 Å². The van der Waals surface area contributed by atoms with E-state index in [1.54, 1.807) is 24.3 Å². The number of anilines is 1. The standard InChI is InChI=1S/C20H24N2O4S2/c1-13-8-10-14(11-9-13)28(25,26)12-4-7-17(23)22-20-18(19(21)24)15-5-2-3-6-16(15)27-20/h8-11H,2-7,12H2,1H3,(H2,21,24)(H,22,23). The molecule has 1 aliphatic carbocycles. The van der Waals surface area contributed by atoms with Gasteiger partial charge in [-0.1, -0.05) is 17.7 Å². The minimum atomic E-state index is -3.42. The monoisotopic (exact) mass is 420 g/mol. The summed E-state index contributed by atoms with van der Waals surface area (Å²) in [5, 5.41) is 3.26. The maximum absolute atomic E-state index is 12.4. The minimum absolute atomic E-state index is 0.0614. The third-order valence-electron chi connectivity index (χ3n) is 4.87. The number of thiophene rings is 1. The first kappa shape index (κ1) is 20.5. The van der Waals surface area contributed by atoms with Crippen LogP contribution in [0.5, 0.6) is 0 Å². The summed E-state index contributed by atoms with van der Waals surface area (Å²) < 4.78 is 24.7. The number of sulfone groups is 1. The van der Waals surface area contributed by atoms with Crippen molar-refractivity contribution in [2.45, 2.75) is 50.3 Å². The summed E-state index contributed by atoms with van der Waals surface area (Å²) in [6.45, 7) is 1.89. The van der Waals surface area contributed by atoms with E-state index < -0.39 is 15.7 Å². The van der Waals surface area contributed by atoms with Crippen LogP contribution in [-0.4, -0.2) is 26.0 Å². The molecule has 0 bridgehead atoms. The van der Waals surface area contributed by atoms with E-state index in [0.717, 1.165) is 41.7 Å². The van der Waals surface area contributed by atoms with Crippen LogP contribution in [-0.2, 0) is 27.5 Å². The summed E-state index contributed by atoms with van der Waals surface area (Å²) in [5.41, 5.74) is 7.89. The molecule has 3 rings (SSSR count). The Bertz CT molecular complexity index is 992. The fourth-order valence-corrected chi connectivity index (χ4v) is 6.01. The molecule has 28 heavy (non-hydrogen) atoms. The highest BCUT2D eigenvalue weighted by atomic mass is 32.2. The molecular weight excluding hydrogens is 396 g/mol. The van der Waals surface area contributed by atoms with Crippen molar-refractivity contribution in [1.82, 2.24) is 0 Å². The van der Waals surface area contributed by atoms with Gasteiger partial charge in [-0.25, -0.2) is 8.42 Å². The number of nitrogens with one attached hydrogen (secondary N) is 1. The lowest BCUT2D eigenvalue weighted by molar-refractivity contribution is -0.116. The van der Waals surface area contributed by atoms with Gasteiger partial charge in [0.15, 0.2) is 9.84 Å². The van der Waals surface area contributed by atoms with Gasteiger partial charge in [-0.3, -0.25) is 9.59 Å². The molecule has 8 heteroatoms. The lowest BCUT2D eigenvalue weighted by atomic mass is 9.95. The van der Waals surface area contributed by atoms with E-state index in [1.807, 2.05) is 6.92 Å². The normalized spacial score (nSPS) is 13.8. The molecule has 2 amide bonds. The Morgan fingerprint density at radius 2 is 1.82 bits per heavy atom. The van der Waals surface area contributed by atoms with Crippen LogP contribution in [0.25, 0.3) is 0 Å². The van der Waals surface area contributed by atoms with E-state index in [9.17, 15) is 18.0 Å². The van der Waals surface area contributed by atoms with Crippen LogP contribution in [0, 0.1) is 6.92 Å². The summed E-state index contributed by atoms with van der Waals surface area (Å²) in [7, 11) is -3.42. The average Bonchev–Trinajstić information content (AvgIpc) is 2.99. The van der Waals surface area contributed by atoms with Gasteiger partial charge < -0.3 is 11.1 Å². The second-order valence-corrected chi connectivity index (χ2v) is 10.3. The number of primary amides is 1. The predicted octanol–water partition coefficient (Wildman–Crippen LogP) is 3.23. The first-order valence-electron chi connectivity index (χ1n) is 9.31. The fourth-order valence-electron chi connectivity index (χ4n) is 3.39. The highest BCUT2D eigenvalue weighted by molar-refractivity contribution is 7.91. The molecule has 1 aromatic heterocycles. The first-order valence-corrected chi connectivity index (χ1v) is 11.8. The van der Waals surface area contributed by atoms with Gasteiger partial charge in [0.05, 0.1) is 16.2 Å². The maximum Gasteiger partial charge on any atom is 0.251 e. The maximum atomic E-state index is 12.4. The van der Waals surface area contributed by atoms with Crippen LogP contribution in [0.3, 0.4) is 0 Å². The Morgan fingerprint density at radius 3 is 2.50 bits per heavy atom. The molecule has 2 aromatic rings. The molecule has 0 saturated heterocycles. The van der Waals surface area contributed by atoms with Crippen LogP contribution in [0.4, 0.5) is 5.00 Å². The Morgan fingerprint density at radius 1 is 1.14 bits per heavy atom. The molecule has 0 radical (unpaired) electrons. The quantitative estimate of drug-likeness (QED) is 0.717. The van der Waals surface area contributed by atoms with Gasteiger partial charge in [0.25, 0.3) is 5.91 Å². The number of rotatable bonds is 7. The zero-order valence-corrected chi connectivity index (χ0v) is 17.4. The van der Waals surface area contributed by atoms with E-state index in [4.69, 9.17) is 5.73 Å². The molecule has 0 atom stereocenters. The third kappa shape index (κ3) is 4.62. The van der Waals surface area contributed by atoms with Crippen LogP contribution in [0.2, 0.25) is 0 Å². The molecule has 1 aromatic carbocycles. The van der Waals surface area contributed by atoms with Crippen molar-refractivity contribution in [2.24, 2.45) is 5.73 Å². The molecule has 3 N–H and O–H groups in total. The van der Waals surface area contributed by atoms with E-state index in [2.05, 4.69) is 5.32 Å². The van der Waals surface area contributed by atoms with E-state index in [1.165, 1.54) is 11.3 Å². The molecule has 6 nitrogen and oxygen atoms in total. The van der Waals surface area contributed by atoms with Crippen LogP contribution in [0.15, 0.2) is 29.2 Å². The van der Waals surface area contributed by atoms with Crippen LogP contribution in [0.1, 0.15) is 52.0 Å². The van der Waals surface area contributed by atoms with Gasteiger partial charge in [0.2, 0.25) is 5.91 Å². The van der Waals surface area contributed by atoms with E-state index in [-0.39, 0.29) is 29.4 Å². The lowest BCUT2D eigenvalue weighted by Crippen LogP contribution is -2.19. The number of carbonyl (C=O) groups excluding carboxylic acids is 2. The Kier molecular flexibility index (Phi) is 6.20. The molecule has 0 unspecified atom stereocenters. The van der Waals surface area contributed by atoms with Crippen LogP contribution >= 0.6 is 11.3 Å². The van der Waals surface area contributed by atoms with Gasteiger partial charge >= 0.3 is 0 Å². The third-order valence-corrected chi connectivity index (χ3v) is 7.89. The summed E-state index contributed by atoms with van der Waals surface area (Å²) in [6, 6.07) is 6.67. The van der Waals surface area contributed by atoms with Gasteiger partial charge in [0.1, 0.15) is 5.00 Å². The average molecular weight is 421 g/mol. The molecule has 1 aliphatic rings. The van der Waals surface area contributed by atoms with Crippen LogP contribution < -0.4 is 11.1 Å². The molecule has 0 fully saturated rings. The van der Waals surface area contributed by atoms with Crippen molar-refractivity contribution in [3.05, 3.63) is 45.8 Å². The largest absolute Gasteiger partial charge is 0.365 e. The Labute approximate surface area is 169 Å². The van der Waals surface area contributed by atoms with Gasteiger partial charge in [-0.15, -0.1) is 11.3 Å². The van der Waals surface area contributed by atoms with Crippen molar-refractivity contribution in [1.29, 1.82) is 0 Å². The summed E-state index contributed by atoms with van der Waals surface area (Å²) >= 11 is 1.40. The SMILES string of the molecule is Cc1ccc(S(=O)(=O)CCCC(=O)Nc2sc3c(c2C(N)=O)CCCC3)cc1. The highest BCUT2D eigenvalue weighted by Crippen LogP contribution is 2.37. The number of benzene rings is 1. The lowest BCUT2D eigenvalue weighted by Gasteiger charge is -2.11. The zero-order chi connectivity index (χ0) is 20.3. The van der Waals surface area contributed by atoms with Gasteiger partial charge in [-0.05, 0) is 56.7 Å². The van der Waals surface area contributed by atoms with Crippen molar-refractivity contribution < 1.29 is 18.0 Å². The predicted molar refractivity (Wildman–Crippen MR) is 111 cm³/mol. The number of hydrogen-bond donors (Lipinski definition) is 2. The van der Waals surface area contributed by atoms with Gasteiger partial charge in [0, 0.05) is 11.3 Å². The number of aryl methyl sites for hydroxylation is 2. The highest BCUT2D eigenvalue weighted by Gasteiger charge is 2.25. The Hall–Kier alpha value is -2.19. The summed E-state index contributed by atoms with van der Waals surface area (Å²) in [5.74, 6) is -0.940. The second kappa shape index (κ2) is 8.45. The molecule has 0 spiro atoms. The number of fused-ring (bicyclic) bond motifs is 1. The Balaban J connectivity index is 1.61. The van der Waals surface area contributed by atoms with E-state index >= 15 is 0 Å². The minimum Gasteiger partial charge on any atom is -0.365 e. The van der Waals surface area contributed by atoms with Crippen molar-refractivity contribution >= 4 is 38.0 Å². The molecule has 0 aliphatic heterocycles. The molecule has 150 valence electrons. The molecule has 1 heterocycles. The van der Waals surface area contributed by atoms with Crippen molar-refractivity contribution in [3.63, 3.8) is 0 Å². The van der Waals surface area contributed by atoms with Gasteiger partial charge in [-0.2, -0.15) is 0 Å². The number of amides is 2. The number of carbonyl (C=O) groups is 2. The fraction of sp³-hybridized carbons (Fsp3) is 0.400.